The molecular weight excluding hydrogens is 356 g/mol. The second kappa shape index (κ2) is 9.75. The molecule has 2 atom stereocenters. The number of carbonyl (C=O) groups is 1. The number of carbonyl (C=O) groups excluding carboxylic acids is 1. The molecule has 0 heterocycles. The summed E-state index contributed by atoms with van der Waals surface area (Å²) >= 11 is -0.307. The van der Waals surface area contributed by atoms with Crippen LogP contribution in [0.2, 0.25) is 0 Å². The maximum absolute atomic E-state index is 12.6. The smallest absolute Gasteiger partial charge is 0.360 e. The van der Waals surface area contributed by atoms with E-state index in [1.807, 2.05) is 56.5 Å². The third-order valence-corrected chi connectivity index (χ3v) is 5.19. The van der Waals surface area contributed by atoms with Crippen LogP contribution in [0.4, 0.5) is 0 Å². The number of thioether (sulfide) groups is 1. The van der Waals surface area contributed by atoms with E-state index in [4.69, 9.17) is 8.37 Å². The first-order chi connectivity index (χ1) is 12.0. The standard InChI is InChI=1S/C19H22O4S2/c1-4-15(19(20)16-7-11-18(24-3)12-8-16)13-22-25(21)23-17-9-5-14(2)6-10-17/h5-12,15H,4,13H2,1-3H3. The molecule has 2 rings (SSSR count). The van der Waals surface area contributed by atoms with E-state index in [0.717, 1.165) is 10.5 Å². The molecule has 0 bridgehead atoms. The Balaban J connectivity index is 1.90. The van der Waals surface area contributed by atoms with Crippen molar-refractivity contribution in [2.24, 2.45) is 5.92 Å². The summed E-state index contributed by atoms with van der Waals surface area (Å²) in [6.07, 6.45) is 2.59. The van der Waals surface area contributed by atoms with E-state index in [1.54, 1.807) is 23.9 Å². The molecular formula is C19H22O4S2. The molecule has 134 valence electrons. The van der Waals surface area contributed by atoms with Crippen molar-refractivity contribution in [2.45, 2.75) is 25.2 Å². The van der Waals surface area contributed by atoms with Crippen LogP contribution >= 0.6 is 11.8 Å². The molecule has 25 heavy (non-hydrogen) atoms. The molecule has 0 radical (unpaired) electrons. The fraction of sp³-hybridized carbons (Fsp3) is 0.316. The molecule has 2 unspecified atom stereocenters. The summed E-state index contributed by atoms with van der Waals surface area (Å²) in [5.74, 6) is 0.101. The molecule has 0 aliphatic heterocycles. The second-order valence-electron chi connectivity index (χ2n) is 5.58. The zero-order chi connectivity index (χ0) is 18.2. The molecule has 2 aromatic carbocycles. The summed E-state index contributed by atoms with van der Waals surface area (Å²) in [5.41, 5.74) is 1.72. The van der Waals surface area contributed by atoms with Gasteiger partial charge in [-0.3, -0.25) is 8.98 Å². The van der Waals surface area contributed by atoms with Gasteiger partial charge in [-0.25, -0.2) is 0 Å². The van der Waals surface area contributed by atoms with Crippen molar-refractivity contribution >= 4 is 28.9 Å². The van der Waals surface area contributed by atoms with Crippen molar-refractivity contribution in [3.8, 4) is 5.75 Å². The lowest BCUT2D eigenvalue weighted by Crippen LogP contribution is -2.21. The van der Waals surface area contributed by atoms with Crippen LogP contribution in [0, 0.1) is 12.8 Å². The quantitative estimate of drug-likeness (QED) is 0.471. The van der Waals surface area contributed by atoms with E-state index >= 15 is 0 Å². The lowest BCUT2D eigenvalue weighted by Gasteiger charge is -2.13. The lowest BCUT2D eigenvalue weighted by atomic mass is 9.96. The molecule has 0 aromatic heterocycles. The summed E-state index contributed by atoms with van der Waals surface area (Å²) in [6.45, 7) is 3.92. The average molecular weight is 379 g/mol. The number of aryl methyl sites for hydroxylation is 1. The highest BCUT2D eigenvalue weighted by Crippen LogP contribution is 2.19. The maximum atomic E-state index is 12.6. The Morgan fingerprint density at radius 1 is 1.12 bits per heavy atom. The number of rotatable bonds is 9. The molecule has 4 nitrogen and oxygen atoms in total. The number of ketones is 1. The Morgan fingerprint density at radius 2 is 1.76 bits per heavy atom. The number of hydrogen-bond donors (Lipinski definition) is 0. The fourth-order valence-corrected chi connectivity index (χ4v) is 3.20. The van der Waals surface area contributed by atoms with Crippen LogP contribution in [0.15, 0.2) is 53.4 Å². The first kappa shape index (κ1) is 19.7. The Kier molecular flexibility index (Phi) is 7.68. The van der Waals surface area contributed by atoms with Crippen molar-refractivity contribution in [1.82, 2.24) is 0 Å². The fourth-order valence-electron chi connectivity index (χ4n) is 2.20. The third kappa shape index (κ3) is 5.99. The summed E-state index contributed by atoms with van der Waals surface area (Å²) in [7, 11) is 0. The van der Waals surface area contributed by atoms with Gasteiger partial charge in [-0.05, 0) is 43.9 Å². The van der Waals surface area contributed by atoms with Crippen LogP contribution in [0.3, 0.4) is 0 Å². The highest BCUT2D eigenvalue weighted by molar-refractivity contribution is 7.98. The van der Waals surface area contributed by atoms with Crippen molar-refractivity contribution in [2.75, 3.05) is 12.9 Å². The normalized spacial score (nSPS) is 13.2. The Morgan fingerprint density at radius 3 is 2.32 bits per heavy atom. The van der Waals surface area contributed by atoms with Crippen molar-refractivity contribution in [3.05, 3.63) is 59.7 Å². The Labute approximate surface area is 155 Å². The molecule has 0 N–H and O–H groups in total. The Hall–Kier alpha value is -1.63. The second-order valence-corrected chi connectivity index (χ2v) is 7.27. The van der Waals surface area contributed by atoms with Gasteiger partial charge in [0.25, 0.3) is 0 Å². The van der Waals surface area contributed by atoms with Gasteiger partial charge in [-0.1, -0.05) is 36.8 Å². The van der Waals surface area contributed by atoms with Crippen LogP contribution < -0.4 is 4.18 Å². The monoisotopic (exact) mass is 378 g/mol. The largest absolute Gasteiger partial charge is 0.380 e. The van der Waals surface area contributed by atoms with Gasteiger partial charge in [0, 0.05) is 16.4 Å². The first-order valence-corrected chi connectivity index (χ1v) is 10.2. The van der Waals surface area contributed by atoms with E-state index in [0.29, 0.717) is 17.7 Å². The van der Waals surface area contributed by atoms with Crippen LogP contribution in [-0.4, -0.2) is 22.9 Å². The number of Topliss-reactive ketones (excluding diaryl/α,β-unsaturated/α-hetero) is 1. The molecule has 0 aliphatic rings. The topological polar surface area (TPSA) is 52.6 Å². The zero-order valence-electron chi connectivity index (χ0n) is 14.6. The predicted octanol–water partition coefficient (Wildman–Crippen LogP) is 4.60. The van der Waals surface area contributed by atoms with Gasteiger partial charge >= 0.3 is 11.4 Å². The van der Waals surface area contributed by atoms with Gasteiger partial charge in [-0.2, -0.15) is 4.21 Å². The summed E-state index contributed by atoms with van der Waals surface area (Å²) in [6, 6.07) is 14.7. The molecule has 0 amide bonds. The van der Waals surface area contributed by atoms with Crippen molar-refractivity contribution in [3.63, 3.8) is 0 Å². The third-order valence-electron chi connectivity index (χ3n) is 3.79. The minimum absolute atomic E-state index is 0.0116. The SMILES string of the molecule is CCC(COS(=O)Oc1ccc(C)cc1)C(=O)c1ccc(SC)cc1. The first-order valence-electron chi connectivity index (χ1n) is 8.01. The number of benzene rings is 2. The van der Waals surface area contributed by atoms with Crippen molar-refractivity contribution in [1.29, 1.82) is 0 Å². The minimum atomic E-state index is -1.93. The minimum Gasteiger partial charge on any atom is -0.380 e. The summed E-state index contributed by atoms with van der Waals surface area (Å²) in [5, 5.41) is 0. The van der Waals surface area contributed by atoms with E-state index in [-0.39, 0.29) is 18.3 Å². The van der Waals surface area contributed by atoms with Crippen LogP contribution in [0.5, 0.6) is 5.75 Å². The van der Waals surface area contributed by atoms with Gasteiger partial charge in [0.05, 0.1) is 6.61 Å². The van der Waals surface area contributed by atoms with Gasteiger partial charge in [0.15, 0.2) is 5.78 Å². The van der Waals surface area contributed by atoms with Crippen LogP contribution in [-0.2, 0) is 15.5 Å². The van der Waals surface area contributed by atoms with E-state index in [1.165, 1.54) is 0 Å². The molecule has 0 saturated carbocycles. The van der Waals surface area contributed by atoms with E-state index < -0.39 is 11.4 Å². The number of hydrogen-bond acceptors (Lipinski definition) is 5. The Bertz CT molecular complexity index is 711. The molecule has 0 fully saturated rings. The van der Waals surface area contributed by atoms with Crippen molar-refractivity contribution < 1.29 is 17.4 Å². The molecule has 0 spiro atoms. The van der Waals surface area contributed by atoms with Crippen LogP contribution in [0.1, 0.15) is 29.3 Å². The highest BCUT2D eigenvalue weighted by atomic mass is 32.2. The molecule has 0 aliphatic carbocycles. The maximum Gasteiger partial charge on any atom is 0.360 e. The lowest BCUT2D eigenvalue weighted by molar-refractivity contribution is 0.0873. The molecule has 2 aromatic rings. The zero-order valence-corrected chi connectivity index (χ0v) is 16.2. The van der Waals surface area contributed by atoms with Gasteiger partial charge < -0.3 is 4.18 Å². The summed E-state index contributed by atoms with van der Waals surface area (Å²) in [4.78, 5) is 13.7. The van der Waals surface area contributed by atoms with E-state index in [9.17, 15) is 9.00 Å². The molecule has 0 saturated heterocycles. The van der Waals surface area contributed by atoms with Gasteiger partial charge in [-0.15, -0.1) is 11.8 Å². The molecule has 6 heteroatoms. The van der Waals surface area contributed by atoms with E-state index in [2.05, 4.69) is 0 Å². The highest BCUT2D eigenvalue weighted by Gasteiger charge is 2.20. The predicted molar refractivity (Wildman–Crippen MR) is 102 cm³/mol. The van der Waals surface area contributed by atoms with Gasteiger partial charge in [0.1, 0.15) is 5.75 Å². The van der Waals surface area contributed by atoms with Gasteiger partial charge in [0.2, 0.25) is 0 Å². The van der Waals surface area contributed by atoms with Crippen LogP contribution in [0.25, 0.3) is 0 Å². The average Bonchev–Trinajstić information content (AvgIpc) is 2.64. The summed E-state index contributed by atoms with van der Waals surface area (Å²) < 4.78 is 22.4.